The normalized spacial score (nSPS) is 22.8. The summed E-state index contributed by atoms with van der Waals surface area (Å²) in [6.07, 6.45) is 2.97. The van der Waals surface area contributed by atoms with Crippen molar-refractivity contribution in [1.29, 1.82) is 0 Å². The number of ketones is 1. The molecule has 1 N–H and O–H groups in total. The molecule has 0 aromatic heterocycles. The highest BCUT2D eigenvalue weighted by Gasteiger charge is 2.36. The molecular formula is C22H24FNO2. The van der Waals surface area contributed by atoms with Gasteiger partial charge in [-0.25, -0.2) is 4.39 Å². The lowest BCUT2D eigenvalue weighted by atomic mass is 9.81. The van der Waals surface area contributed by atoms with Crippen LogP contribution in [0.3, 0.4) is 0 Å². The molecular weight excluding hydrogens is 329 g/mol. The predicted octanol–water partition coefficient (Wildman–Crippen LogP) is 3.55. The first-order chi connectivity index (χ1) is 12.5. The van der Waals surface area contributed by atoms with E-state index in [1.165, 1.54) is 12.1 Å². The topological polar surface area (TPSA) is 40.5 Å². The lowest BCUT2D eigenvalue weighted by Crippen LogP contribution is -2.45. The zero-order valence-electron chi connectivity index (χ0n) is 14.8. The Kier molecular flexibility index (Phi) is 4.63. The number of carbonyl (C=O) groups excluding carboxylic acids is 1. The Morgan fingerprint density at radius 2 is 1.88 bits per heavy atom. The fourth-order valence-corrected chi connectivity index (χ4v) is 4.32. The number of Topliss-reactive ketones (excluding diaryl/α,β-unsaturated/α-hetero) is 1. The van der Waals surface area contributed by atoms with Gasteiger partial charge in [0.1, 0.15) is 5.82 Å². The summed E-state index contributed by atoms with van der Waals surface area (Å²) in [6, 6.07) is 14.2. The molecule has 1 fully saturated rings. The van der Waals surface area contributed by atoms with Crippen LogP contribution >= 0.6 is 0 Å². The van der Waals surface area contributed by atoms with Gasteiger partial charge in [-0.05, 0) is 48.9 Å². The van der Waals surface area contributed by atoms with Crippen LogP contribution in [-0.2, 0) is 12.0 Å². The maximum Gasteiger partial charge on any atom is 0.167 e. The van der Waals surface area contributed by atoms with E-state index in [4.69, 9.17) is 0 Å². The predicted molar refractivity (Wildman–Crippen MR) is 98.6 cm³/mol. The summed E-state index contributed by atoms with van der Waals surface area (Å²) in [5.41, 5.74) is 1.71. The van der Waals surface area contributed by atoms with Crippen LogP contribution in [0.1, 0.15) is 40.7 Å². The summed E-state index contributed by atoms with van der Waals surface area (Å²) in [4.78, 5) is 15.0. The Morgan fingerprint density at radius 3 is 2.65 bits per heavy atom. The van der Waals surface area contributed by atoms with Gasteiger partial charge in [0.05, 0.1) is 5.60 Å². The van der Waals surface area contributed by atoms with Crippen molar-refractivity contribution in [3.8, 4) is 0 Å². The molecule has 1 atom stereocenters. The summed E-state index contributed by atoms with van der Waals surface area (Å²) in [5, 5.41) is 10.9. The fourth-order valence-electron chi connectivity index (χ4n) is 4.32. The molecule has 0 spiro atoms. The van der Waals surface area contributed by atoms with E-state index in [9.17, 15) is 14.3 Å². The number of hydrogen-bond acceptors (Lipinski definition) is 3. The molecule has 2 aliphatic rings. The third kappa shape index (κ3) is 3.31. The minimum Gasteiger partial charge on any atom is -0.385 e. The van der Waals surface area contributed by atoms with Gasteiger partial charge in [-0.1, -0.05) is 36.4 Å². The van der Waals surface area contributed by atoms with E-state index in [-0.39, 0.29) is 17.5 Å². The molecule has 26 heavy (non-hydrogen) atoms. The summed E-state index contributed by atoms with van der Waals surface area (Å²) < 4.78 is 13.5. The fraction of sp³-hybridized carbons (Fsp3) is 0.409. The van der Waals surface area contributed by atoms with Crippen molar-refractivity contribution < 1.29 is 14.3 Å². The number of nitrogens with zero attached hydrogens (tertiary/aromatic N) is 1. The van der Waals surface area contributed by atoms with Crippen LogP contribution in [-0.4, -0.2) is 35.4 Å². The lowest BCUT2D eigenvalue weighted by molar-refractivity contribution is -0.0285. The van der Waals surface area contributed by atoms with E-state index in [1.807, 2.05) is 24.3 Å². The molecule has 0 bridgehead atoms. The number of aliphatic hydroxyl groups is 1. The molecule has 2 aromatic rings. The van der Waals surface area contributed by atoms with Gasteiger partial charge in [-0.3, -0.25) is 4.79 Å². The number of hydrogen-bond donors (Lipinski definition) is 1. The van der Waals surface area contributed by atoms with Crippen molar-refractivity contribution in [3.63, 3.8) is 0 Å². The number of rotatable bonds is 3. The minimum atomic E-state index is -0.970. The van der Waals surface area contributed by atoms with Crippen molar-refractivity contribution in [3.05, 3.63) is 71.0 Å². The van der Waals surface area contributed by atoms with E-state index in [0.717, 1.165) is 43.6 Å². The Hall–Kier alpha value is -2.04. The second-order valence-corrected chi connectivity index (χ2v) is 7.60. The van der Waals surface area contributed by atoms with Gasteiger partial charge in [-0.2, -0.15) is 0 Å². The Balaban J connectivity index is 1.39. The van der Waals surface area contributed by atoms with Crippen LogP contribution in [0.5, 0.6) is 0 Å². The van der Waals surface area contributed by atoms with Crippen molar-refractivity contribution >= 4 is 5.78 Å². The molecule has 1 heterocycles. The molecule has 1 aliphatic carbocycles. The summed E-state index contributed by atoms with van der Waals surface area (Å²) in [5.74, 6) is -0.0344. The molecule has 1 aliphatic heterocycles. The Bertz CT molecular complexity index is 811. The first-order valence-corrected chi connectivity index (χ1v) is 9.38. The number of piperidine rings is 1. The van der Waals surface area contributed by atoms with Crippen LogP contribution < -0.4 is 0 Å². The zero-order chi connectivity index (χ0) is 18.1. The number of benzene rings is 2. The van der Waals surface area contributed by atoms with Crippen molar-refractivity contribution in [1.82, 2.24) is 4.90 Å². The molecule has 3 nitrogen and oxygen atoms in total. The van der Waals surface area contributed by atoms with Crippen molar-refractivity contribution in [2.75, 3.05) is 19.6 Å². The van der Waals surface area contributed by atoms with E-state index >= 15 is 0 Å². The van der Waals surface area contributed by atoms with Gasteiger partial charge in [-0.15, -0.1) is 0 Å². The van der Waals surface area contributed by atoms with Gasteiger partial charge in [0.15, 0.2) is 5.78 Å². The highest BCUT2D eigenvalue weighted by Crippen LogP contribution is 2.34. The van der Waals surface area contributed by atoms with Crippen LogP contribution in [0.2, 0.25) is 0 Å². The second-order valence-electron chi connectivity index (χ2n) is 7.60. The van der Waals surface area contributed by atoms with Crippen molar-refractivity contribution in [2.24, 2.45) is 5.92 Å². The first-order valence-electron chi connectivity index (χ1n) is 9.38. The van der Waals surface area contributed by atoms with E-state index < -0.39 is 5.60 Å². The third-order valence-electron chi connectivity index (χ3n) is 5.94. The minimum absolute atomic E-state index is 0.0327. The third-order valence-corrected chi connectivity index (χ3v) is 5.94. The SMILES string of the molecule is O=C1c2ccccc2CCC1CN1CCC(O)(c2cccc(F)c2)CC1. The largest absolute Gasteiger partial charge is 0.385 e. The molecule has 0 saturated carbocycles. The quantitative estimate of drug-likeness (QED) is 0.917. The van der Waals surface area contributed by atoms with E-state index in [1.54, 1.807) is 12.1 Å². The summed E-state index contributed by atoms with van der Waals surface area (Å²) in [7, 11) is 0. The number of likely N-dealkylation sites (tertiary alicyclic amines) is 1. The van der Waals surface area contributed by atoms with Crippen LogP contribution in [0.15, 0.2) is 48.5 Å². The second kappa shape index (κ2) is 6.93. The van der Waals surface area contributed by atoms with Gasteiger partial charge in [0.25, 0.3) is 0 Å². The van der Waals surface area contributed by atoms with Crippen LogP contribution in [0.4, 0.5) is 4.39 Å². The van der Waals surface area contributed by atoms with Crippen LogP contribution in [0.25, 0.3) is 0 Å². The van der Waals surface area contributed by atoms with Gasteiger partial charge < -0.3 is 10.0 Å². The molecule has 1 saturated heterocycles. The molecule has 1 unspecified atom stereocenters. The van der Waals surface area contributed by atoms with E-state index in [0.29, 0.717) is 18.4 Å². The standard InChI is InChI=1S/C22H24FNO2/c23-19-6-3-5-18(14-19)22(26)10-12-24(13-11-22)15-17-9-8-16-4-1-2-7-20(16)21(17)25/h1-7,14,17,26H,8-13,15H2. The number of halogens is 1. The number of fused-ring (bicyclic) bond motifs is 1. The molecule has 2 aromatic carbocycles. The Labute approximate surface area is 153 Å². The molecule has 4 rings (SSSR count). The van der Waals surface area contributed by atoms with Gasteiger partial charge in [0.2, 0.25) is 0 Å². The maximum atomic E-state index is 13.5. The maximum absolute atomic E-state index is 13.5. The highest BCUT2D eigenvalue weighted by molar-refractivity contribution is 6.00. The smallest absolute Gasteiger partial charge is 0.167 e. The molecule has 0 radical (unpaired) electrons. The summed E-state index contributed by atoms with van der Waals surface area (Å²) >= 11 is 0. The summed E-state index contributed by atoms with van der Waals surface area (Å²) in [6.45, 7) is 2.18. The van der Waals surface area contributed by atoms with Crippen molar-refractivity contribution in [2.45, 2.75) is 31.3 Å². The van der Waals surface area contributed by atoms with Gasteiger partial charge in [0, 0.05) is 31.1 Å². The molecule has 0 amide bonds. The average molecular weight is 353 g/mol. The Morgan fingerprint density at radius 1 is 1.12 bits per heavy atom. The number of aryl methyl sites for hydroxylation is 1. The average Bonchev–Trinajstić information content (AvgIpc) is 2.66. The highest BCUT2D eigenvalue weighted by atomic mass is 19.1. The zero-order valence-corrected chi connectivity index (χ0v) is 14.8. The van der Waals surface area contributed by atoms with Gasteiger partial charge >= 0.3 is 0 Å². The number of carbonyl (C=O) groups is 1. The lowest BCUT2D eigenvalue weighted by Gasteiger charge is -2.40. The molecule has 136 valence electrons. The monoisotopic (exact) mass is 353 g/mol. The van der Waals surface area contributed by atoms with E-state index in [2.05, 4.69) is 4.90 Å². The van der Waals surface area contributed by atoms with Crippen LogP contribution in [0, 0.1) is 11.7 Å². The molecule has 4 heteroatoms. The first kappa shape index (κ1) is 17.4.